The number of nitrogens with zero attached hydrogens (tertiary/aromatic N) is 2. The first-order valence-corrected chi connectivity index (χ1v) is 35.3. The van der Waals surface area contributed by atoms with Crippen LogP contribution < -0.4 is 40.2 Å². The van der Waals surface area contributed by atoms with E-state index in [1.807, 2.05) is 315 Å². The number of anilines is 4. The van der Waals surface area contributed by atoms with E-state index in [0.29, 0.717) is 135 Å². The molecule has 17 rings (SSSR count). The Morgan fingerprint density at radius 3 is 0.685 bits per heavy atom. The molecule has 4 amide bonds. The maximum atomic E-state index is 14.0. The molecule has 0 saturated heterocycles. The molecular formula is C92H66N8O8. The number of aromatic amines is 2. The summed E-state index contributed by atoms with van der Waals surface area (Å²) in [6.45, 7) is -1.35. The summed E-state index contributed by atoms with van der Waals surface area (Å²) in [6.07, 6.45) is 7.93. The summed E-state index contributed by atoms with van der Waals surface area (Å²) in [5.41, 5.74) is 12.0. The van der Waals surface area contributed by atoms with Crippen LogP contribution in [0.1, 0.15) is 22.8 Å². The van der Waals surface area contributed by atoms with Crippen molar-refractivity contribution in [2.24, 2.45) is 0 Å². The molecule has 2 aliphatic heterocycles. The van der Waals surface area contributed by atoms with Gasteiger partial charge in [-0.2, -0.15) is 0 Å². The zero-order valence-corrected chi connectivity index (χ0v) is 58.0. The minimum Gasteiger partial charge on any atom is -0.483 e. The van der Waals surface area contributed by atoms with Crippen molar-refractivity contribution >= 4 is 136 Å². The molecule has 0 atom stereocenters. The summed E-state index contributed by atoms with van der Waals surface area (Å²) in [5.74, 6) is 0.156. The van der Waals surface area contributed by atoms with Crippen molar-refractivity contribution in [1.82, 2.24) is 19.9 Å². The van der Waals surface area contributed by atoms with Crippen LogP contribution in [0.15, 0.2) is 291 Å². The van der Waals surface area contributed by atoms with Crippen LogP contribution in [-0.4, -0.2) is 70.0 Å². The quantitative estimate of drug-likeness (QED) is 0.0425. The molecule has 0 spiro atoms. The zero-order valence-electron chi connectivity index (χ0n) is 58.0. The predicted octanol–water partition coefficient (Wildman–Crippen LogP) is 20.0. The van der Waals surface area contributed by atoms with Crippen LogP contribution in [0.4, 0.5) is 22.7 Å². The lowest BCUT2D eigenvalue weighted by atomic mass is 9.95. The third-order valence-corrected chi connectivity index (χ3v) is 19.0. The number of ether oxygens (including phenoxy) is 4. The van der Waals surface area contributed by atoms with Gasteiger partial charge in [-0.15, -0.1) is 0 Å². The second-order valence-corrected chi connectivity index (χ2v) is 26.0. The van der Waals surface area contributed by atoms with E-state index in [1.165, 1.54) is 0 Å². The maximum Gasteiger partial charge on any atom is 0.262 e. The molecule has 16 heteroatoms. The fourth-order valence-corrected chi connectivity index (χ4v) is 14.2. The number of hydrogen-bond acceptors (Lipinski definition) is 10. The average molecular weight is 1410 g/mol. The van der Waals surface area contributed by atoms with E-state index >= 15 is 0 Å². The highest BCUT2D eigenvalue weighted by molar-refractivity contribution is 6.13. The Labute approximate surface area is 619 Å². The number of carbonyl (C=O) groups is 4. The van der Waals surface area contributed by atoms with E-state index in [9.17, 15) is 19.2 Å². The van der Waals surface area contributed by atoms with Crippen LogP contribution in [0.3, 0.4) is 0 Å². The molecule has 3 aromatic heterocycles. The molecular weight excluding hydrogens is 1350 g/mol. The molecule has 6 N–H and O–H groups in total. The fraction of sp³-hybridized carbons (Fsp3) is 0.0435. The Morgan fingerprint density at radius 2 is 0.454 bits per heavy atom. The van der Waals surface area contributed by atoms with E-state index in [4.69, 9.17) is 28.9 Å². The number of benzene rings is 12. The number of para-hydroxylation sites is 4. The first kappa shape index (κ1) is 66.6. The molecule has 522 valence electrons. The maximum absolute atomic E-state index is 14.0. The Bertz CT molecular complexity index is 5540. The van der Waals surface area contributed by atoms with Crippen molar-refractivity contribution < 1.29 is 38.1 Å². The molecule has 0 aliphatic carbocycles. The minimum absolute atomic E-state index is 0.339. The van der Waals surface area contributed by atoms with Crippen LogP contribution in [-0.2, 0) is 19.2 Å². The molecule has 5 heterocycles. The smallest absolute Gasteiger partial charge is 0.262 e. The van der Waals surface area contributed by atoms with Gasteiger partial charge in [0, 0.05) is 89.3 Å². The van der Waals surface area contributed by atoms with E-state index in [0.717, 1.165) is 43.1 Å². The SMILES string of the molecule is O=C(COc1ccc2ccccc2c1-c1c2nc(c(-c3c(OCC(=O)Nc4ccccc4)ccc4ccccc34)c3ccc([nH]3)c(-c3c(OCC(=O)Nc4ccccc4)ccc4ccccc34)c3nc(c(-c4c(OCC(=O)Nc5ccccc5)ccc5ccccc45)c4ccc1[nH]4)C=C3)C=C2)Nc1ccccc1. The highest BCUT2D eigenvalue weighted by atomic mass is 16.5. The van der Waals surface area contributed by atoms with E-state index < -0.39 is 0 Å². The van der Waals surface area contributed by atoms with Crippen molar-refractivity contribution in [3.05, 3.63) is 314 Å². The van der Waals surface area contributed by atoms with Gasteiger partial charge in [-0.05, 0) is 164 Å². The van der Waals surface area contributed by atoms with Crippen LogP contribution in [0.5, 0.6) is 23.0 Å². The topological polar surface area (TPSA) is 211 Å². The molecule has 2 aliphatic rings. The van der Waals surface area contributed by atoms with E-state index in [-0.39, 0.29) is 50.1 Å². The average Bonchev–Trinajstić information content (AvgIpc) is 1.56. The van der Waals surface area contributed by atoms with Gasteiger partial charge < -0.3 is 50.2 Å². The van der Waals surface area contributed by atoms with E-state index in [2.05, 4.69) is 31.2 Å². The molecule has 0 radical (unpaired) electrons. The largest absolute Gasteiger partial charge is 0.483 e. The lowest BCUT2D eigenvalue weighted by Gasteiger charge is -2.17. The Morgan fingerprint density at radius 1 is 0.241 bits per heavy atom. The van der Waals surface area contributed by atoms with Crippen molar-refractivity contribution in [2.45, 2.75) is 0 Å². The molecule has 0 fully saturated rings. The summed E-state index contributed by atoms with van der Waals surface area (Å²) in [7, 11) is 0. The lowest BCUT2D eigenvalue weighted by molar-refractivity contribution is -0.118. The van der Waals surface area contributed by atoms with Gasteiger partial charge in [0.15, 0.2) is 26.4 Å². The normalized spacial score (nSPS) is 11.6. The van der Waals surface area contributed by atoms with Crippen LogP contribution in [0, 0.1) is 0 Å². The minimum atomic E-state index is -0.364. The van der Waals surface area contributed by atoms with Crippen molar-refractivity contribution in [2.75, 3.05) is 47.7 Å². The van der Waals surface area contributed by atoms with Crippen molar-refractivity contribution in [3.8, 4) is 67.5 Å². The van der Waals surface area contributed by atoms with Gasteiger partial charge in [-0.25, -0.2) is 9.97 Å². The summed E-state index contributed by atoms with van der Waals surface area (Å²) >= 11 is 0. The highest BCUT2D eigenvalue weighted by Gasteiger charge is 2.28. The van der Waals surface area contributed by atoms with E-state index in [1.54, 1.807) is 0 Å². The van der Waals surface area contributed by atoms with Crippen LogP contribution in [0.2, 0.25) is 0 Å². The number of carbonyl (C=O) groups excluding carboxylic acids is 4. The number of amides is 4. The summed E-state index contributed by atoms with van der Waals surface area (Å²) in [5, 5.41) is 18.8. The molecule has 16 nitrogen and oxygen atoms in total. The van der Waals surface area contributed by atoms with Gasteiger partial charge in [-0.3, -0.25) is 19.2 Å². The molecule has 15 aromatic rings. The molecule has 0 saturated carbocycles. The first-order chi connectivity index (χ1) is 53.2. The fourth-order valence-electron chi connectivity index (χ4n) is 14.2. The second-order valence-electron chi connectivity index (χ2n) is 26.0. The van der Waals surface area contributed by atoms with Gasteiger partial charge in [0.1, 0.15) is 23.0 Å². The van der Waals surface area contributed by atoms with Crippen molar-refractivity contribution in [3.63, 3.8) is 0 Å². The Balaban J connectivity index is 0.974. The summed E-state index contributed by atoms with van der Waals surface area (Å²) in [6, 6.07) is 92.6. The lowest BCUT2D eigenvalue weighted by Crippen LogP contribution is -2.20. The Kier molecular flexibility index (Phi) is 18.3. The van der Waals surface area contributed by atoms with Crippen LogP contribution >= 0.6 is 0 Å². The number of hydrogen-bond donors (Lipinski definition) is 6. The summed E-state index contributed by atoms with van der Waals surface area (Å²) in [4.78, 5) is 75.7. The predicted molar refractivity (Wildman–Crippen MR) is 433 cm³/mol. The van der Waals surface area contributed by atoms with Crippen molar-refractivity contribution in [1.29, 1.82) is 0 Å². The summed E-state index contributed by atoms with van der Waals surface area (Å²) < 4.78 is 27.1. The van der Waals surface area contributed by atoms with Gasteiger partial charge in [-0.1, -0.05) is 194 Å². The van der Waals surface area contributed by atoms with Gasteiger partial charge in [0.05, 0.1) is 22.8 Å². The zero-order chi connectivity index (χ0) is 72.9. The number of H-pyrrole nitrogens is 2. The van der Waals surface area contributed by atoms with Gasteiger partial charge in [0.2, 0.25) is 0 Å². The molecule has 8 bridgehead atoms. The molecule has 108 heavy (non-hydrogen) atoms. The number of rotatable bonds is 20. The number of fused-ring (bicyclic) bond motifs is 12. The highest BCUT2D eigenvalue weighted by Crippen LogP contribution is 2.49. The Hall–Kier alpha value is -14.6. The molecule has 12 aromatic carbocycles. The monoisotopic (exact) mass is 1410 g/mol. The van der Waals surface area contributed by atoms with Gasteiger partial charge in [0.25, 0.3) is 23.6 Å². The van der Waals surface area contributed by atoms with Gasteiger partial charge >= 0.3 is 0 Å². The van der Waals surface area contributed by atoms with Crippen LogP contribution in [0.25, 0.3) is 134 Å². The third kappa shape index (κ3) is 13.7. The number of aromatic nitrogens is 4. The number of nitrogens with one attached hydrogen (secondary N) is 6. The standard InChI is InChI=1S/C92H66N8O8/c101-81(93-61-25-5-1-6-26-61)53-105-77-49-37-57-21-13-17-33-65(57)85(77)89-69-41-43-71(97-69)90(86-66-34-18-14-22-58(66)38-50-78(86)106-54-82(102)94-62-27-7-2-8-28-62)73-45-47-75(99-73)92(88-68-36-20-16-24-60(68)40-52-80(88)108-56-84(104)96-64-31-11-4-12-32-64)76-48-46-74(100-76)91(72-44-42-70(89)98-72)87-67-35-19-15-23-59(67)39-51-79(87)107-55-83(103)95-63-29-9-3-10-30-63/h1-52,97,100H,53-56H2,(H,93,101)(H,94,102)(H,95,103)(H,96,104). The second kappa shape index (κ2) is 29.6. The third-order valence-electron chi connectivity index (χ3n) is 19.0. The first-order valence-electron chi connectivity index (χ1n) is 35.3. The molecule has 0 unspecified atom stereocenters.